The molecule has 3 aromatic heterocycles. The van der Waals surface area contributed by atoms with Gasteiger partial charge in [-0.25, -0.2) is 4.98 Å². The van der Waals surface area contributed by atoms with Gasteiger partial charge in [-0.15, -0.1) is 11.3 Å². The van der Waals surface area contributed by atoms with E-state index >= 15 is 0 Å². The van der Waals surface area contributed by atoms with Gasteiger partial charge >= 0.3 is 0 Å². The molecular weight excluding hydrogens is 358 g/mol. The number of hydrogen-bond acceptors (Lipinski definition) is 5. The minimum atomic E-state index is 0.00253. The summed E-state index contributed by atoms with van der Waals surface area (Å²) in [5.74, 6) is 0.00253. The van der Waals surface area contributed by atoms with Crippen LogP contribution in [0.25, 0.3) is 22.4 Å². The summed E-state index contributed by atoms with van der Waals surface area (Å²) in [6.45, 7) is 3.22. The Morgan fingerprint density at radius 1 is 1.22 bits per heavy atom. The number of benzene rings is 1. The summed E-state index contributed by atoms with van der Waals surface area (Å²) in [6.07, 6.45) is 0.904. The molecule has 0 aliphatic carbocycles. The SMILES string of the molecule is Cc1noc2nc(-c3ccccc3)cc(C(=O)N3CCc4sccc4C3)c12. The average Bonchev–Trinajstić information content (AvgIpc) is 3.33. The zero-order valence-electron chi connectivity index (χ0n) is 14.8. The monoisotopic (exact) mass is 375 g/mol. The molecule has 0 N–H and O–H groups in total. The molecular formula is C21H17N3O2S. The molecule has 0 atom stereocenters. The number of hydrogen-bond donors (Lipinski definition) is 0. The minimum absolute atomic E-state index is 0.00253. The third kappa shape index (κ3) is 2.73. The molecule has 0 spiro atoms. The Morgan fingerprint density at radius 2 is 2.07 bits per heavy atom. The summed E-state index contributed by atoms with van der Waals surface area (Å²) < 4.78 is 5.40. The Balaban J connectivity index is 1.61. The van der Waals surface area contributed by atoms with E-state index in [2.05, 4.69) is 21.6 Å². The van der Waals surface area contributed by atoms with Crippen LogP contribution in [0.5, 0.6) is 0 Å². The number of pyridine rings is 1. The van der Waals surface area contributed by atoms with Crippen LogP contribution in [0, 0.1) is 6.92 Å². The zero-order valence-corrected chi connectivity index (χ0v) is 15.6. The number of rotatable bonds is 2. The molecule has 5 rings (SSSR count). The second-order valence-corrected chi connectivity index (χ2v) is 7.72. The van der Waals surface area contributed by atoms with Crippen molar-refractivity contribution in [1.29, 1.82) is 0 Å². The molecule has 1 aliphatic rings. The predicted octanol–water partition coefficient (Wildman–Crippen LogP) is 4.46. The van der Waals surface area contributed by atoms with Crippen molar-refractivity contribution in [3.63, 3.8) is 0 Å². The molecule has 5 nitrogen and oxygen atoms in total. The van der Waals surface area contributed by atoms with Crippen LogP contribution in [0.3, 0.4) is 0 Å². The molecule has 27 heavy (non-hydrogen) atoms. The number of carbonyl (C=O) groups excluding carboxylic acids is 1. The van der Waals surface area contributed by atoms with Crippen LogP contribution in [0.2, 0.25) is 0 Å². The third-order valence-corrected chi connectivity index (χ3v) is 6.03. The molecule has 6 heteroatoms. The summed E-state index contributed by atoms with van der Waals surface area (Å²) in [5.41, 5.74) is 4.61. The molecule has 0 saturated heterocycles. The Labute approximate surface area is 160 Å². The first kappa shape index (κ1) is 16.2. The fraction of sp³-hybridized carbons (Fsp3) is 0.190. The molecule has 0 radical (unpaired) electrons. The lowest BCUT2D eigenvalue weighted by atomic mass is 10.0. The highest BCUT2D eigenvalue weighted by atomic mass is 32.1. The second kappa shape index (κ2) is 6.32. The van der Waals surface area contributed by atoms with Gasteiger partial charge in [-0.3, -0.25) is 4.79 Å². The topological polar surface area (TPSA) is 59.2 Å². The van der Waals surface area contributed by atoms with E-state index in [-0.39, 0.29) is 5.91 Å². The van der Waals surface area contributed by atoms with Gasteiger partial charge in [-0.1, -0.05) is 35.5 Å². The highest BCUT2D eigenvalue weighted by Gasteiger charge is 2.26. The molecule has 0 saturated carbocycles. The van der Waals surface area contributed by atoms with Crippen LogP contribution < -0.4 is 0 Å². The number of aromatic nitrogens is 2. The van der Waals surface area contributed by atoms with Gasteiger partial charge in [0.25, 0.3) is 11.6 Å². The number of nitrogens with zero attached hydrogens (tertiary/aromatic N) is 3. The van der Waals surface area contributed by atoms with Crippen molar-refractivity contribution < 1.29 is 9.32 Å². The number of thiophene rings is 1. The van der Waals surface area contributed by atoms with Crippen molar-refractivity contribution >= 4 is 28.3 Å². The summed E-state index contributed by atoms with van der Waals surface area (Å²) in [5, 5.41) is 6.84. The molecule has 4 heterocycles. The van der Waals surface area contributed by atoms with E-state index in [4.69, 9.17) is 4.52 Å². The van der Waals surface area contributed by atoms with E-state index in [0.717, 1.165) is 24.2 Å². The van der Waals surface area contributed by atoms with Crippen LogP contribution in [0.4, 0.5) is 0 Å². The van der Waals surface area contributed by atoms with Crippen molar-refractivity contribution in [3.05, 3.63) is 69.5 Å². The van der Waals surface area contributed by atoms with Gasteiger partial charge in [0, 0.05) is 23.5 Å². The van der Waals surface area contributed by atoms with Crippen LogP contribution in [-0.2, 0) is 13.0 Å². The van der Waals surface area contributed by atoms with Gasteiger partial charge in [0.2, 0.25) is 0 Å². The number of aryl methyl sites for hydroxylation is 1. The highest BCUT2D eigenvalue weighted by Crippen LogP contribution is 2.30. The van der Waals surface area contributed by atoms with Gasteiger partial charge in [0.15, 0.2) is 0 Å². The number of fused-ring (bicyclic) bond motifs is 2. The van der Waals surface area contributed by atoms with Gasteiger partial charge in [-0.2, -0.15) is 0 Å². The Hall–Kier alpha value is -2.99. The largest absolute Gasteiger partial charge is 0.335 e. The van der Waals surface area contributed by atoms with Crippen molar-refractivity contribution in [2.45, 2.75) is 19.9 Å². The number of amides is 1. The molecule has 134 valence electrons. The minimum Gasteiger partial charge on any atom is -0.335 e. The standard InChI is InChI=1S/C21H17N3O2S/c1-13-19-16(21(25)24-9-7-18-15(12-24)8-10-27-18)11-17(22-20(19)26-23-13)14-5-3-2-4-6-14/h2-6,8,10-11H,7,9,12H2,1H3. The lowest BCUT2D eigenvalue weighted by Crippen LogP contribution is -2.35. The summed E-state index contributed by atoms with van der Waals surface area (Å²) in [7, 11) is 0. The fourth-order valence-electron chi connectivity index (χ4n) is 3.61. The molecule has 1 aliphatic heterocycles. The summed E-state index contributed by atoms with van der Waals surface area (Å²) in [4.78, 5) is 21.3. The first-order valence-electron chi connectivity index (χ1n) is 8.87. The number of carbonyl (C=O) groups is 1. The summed E-state index contributed by atoms with van der Waals surface area (Å²) in [6, 6.07) is 13.8. The van der Waals surface area contributed by atoms with Crippen LogP contribution >= 0.6 is 11.3 Å². The molecule has 0 bridgehead atoms. The summed E-state index contributed by atoms with van der Waals surface area (Å²) >= 11 is 1.77. The van der Waals surface area contributed by atoms with Gasteiger partial charge < -0.3 is 9.42 Å². The van der Waals surface area contributed by atoms with Crippen LogP contribution in [0.1, 0.15) is 26.5 Å². The fourth-order valence-corrected chi connectivity index (χ4v) is 4.50. The first-order valence-corrected chi connectivity index (χ1v) is 9.75. The molecule has 1 aromatic carbocycles. The van der Waals surface area contributed by atoms with Crippen LogP contribution in [0.15, 0.2) is 52.4 Å². The van der Waals surface area contributed by atoms with E-state index in [1.165, 1.54) is 10.4 Å². The lowest BCUT2D eigenvalue weighted by molar-refractivity contribution is 0.0737. The molecule has 0 fully saturated rings. The van der Waals surface area contributed by atoms with Crippen molar-refractivity contribution in [2.75, 3.05) is 6.54 Å². The molecule has 0 unspecified atom stereocenters. The Bertz CT molecular complexity index is 1150. The predicted molar refractivity (Wildman–Crippen MR) is 105 cm³/mol. The molecule has 4 aromatic rings. The van der Waals surface area contributed by atoms with E-state index < -0.39 is 0 Å². The zero-order chi connectivity index (χ0) is 18.4. The van der Waals surface area contributed by atoms with Crippen molar-refractivity contribution in [3.8, 4) is 11.3 Å². The van der Waals surface area contributed by atoms with E-state index in [0.29, 0.717) is 28.9 Å². The van der Waals surface area contributed by atoms with Gasteiger partial charge in [0.05, 0.1) is 22.3 Å². The van der Waals surface area contributed by atoms with Gasteiger partial charge in [-0.05, 0) is 36.4 Å². The van der Waals surface area contributed by atoms with E-state index in [1.54, 1.807) is 11.3 Å². The maximum absolute atomic E-state index is 13.4. The smallest absolute Gasteiger partial charge is 0.259 e. The van der Waals surface area contributed by atoms with Crippen molar-refractivity contribution in [1.82, 2.24) is 15.0 Å². The van der Waals surface area contributed by atoms with E-state index in [9.17, 15) is 4.79 Å². The quantitative estimate of drug-likeness (QED) is 0.519. The van der Waals surface area contributed by atoms with Crippen LogP contribution in [-0.4, -0.2) is 27.5 Å². The normalized spacial score (nSPS) is 13.7. The van der Waals surface area contributed by atoms with Crippen molar-refractivity contribution in [2.24, 2.45) is 0 Å². The average molecular weight is 375 g/mol. The Morgan fingerprint density at radius 3 is 2.93 bits per heavy atom. The lowest BCUT2D eigenvalue weighted by Gasteiger charge is -2.27. The second-order valence-electron chi connectivity index (χ2n) is 6.71. The highest BCUT2D eigenvalue weighted by molar-refractivity contribution is 7.10. The maximum atomic E-state index is 13.4. The first-order chi connectivity index (χ1) is 13.2. The van der Waals surface area contributed by atoms with E-state index in [1.807, 2.05) is 48.2 Å². The maximum Gasteiger partial charge on any atom is 0.259 e. The Kier molecular flexibility index (Phi) is 3.79. The van der Waals surface area contributed by atoms with Gasteiger partial charge in [0.1, 0.15) is 0 Å². The third-order valence-electron chi connectivity index (χ3n) is 5.01. The molecule has 1 amide bonds.